The monoisotopic (exact) mass is 832 g/mol. The van der Waals surface area contributed by atoms with Gasteiger partial charge < -0.3 is 4.74 Å². The molecule has 1 saturated carbocycles. The molecular formula is C23H43Br3Cl3IN2O. The smallest absolute Gasteiger partial charge is 0.294 e. The van der Waals surface area contributed by atoms with Crippen LogP contribution in [-0.2, 0) is 4.74 Å². The molecule has 2 fully saturated rings. The average molecular weight is 837 g/mol. The maximum absolute atomic E-state index is 6.15. The van der Waals surface area contributed by atoms with Crippen LogP contribution >= 0.6 is 105 Å². The van der Waals surface area contributed by atoms with E-state index in [1.165, 1.54) is 29.0 Å². The fourth-order valence-corrected chi connectivity index (χ4v) is 2.39. The highest BCUT2D eigenvalue weighted by molar-refractivity contribution is 14.1. The van der Waals surface area contributed by atoms with Gasteiger partial charge in [-0.15, -0.1) is 11.6 Å². The molecule has 3 nitrogen and oxygen atoms in total. The summed E-state index contributed by atoms with van der Waals surface area (Å²) >= 11 is 27.5. The fraction of sp³-hybridized carbons (Fsp3) is 0.913. The molecule has 0 N–H and O–H groups in total. The summed E-state index contributed by atoms with van der Waals surface area (Å²) in [7, 11) is 0. The molecule has 200 valence electrons. The number of epoxide rings is 1. The Morgan fingerprint density at radius 1 is 1.03 bits per heavy atom. The Bertz CT molecular complexity index is 402. The minimum Gasteiger partial charge on any atom is -0.372 e. The second-order valence-corrected chi connectivity index (χ2v) is 12.2. The molecule has 1 saturated heterocycles. The first kappa shape index (κ1) is 44.9. The Morgan fingerprint density at radius 3 is 1.39 bits per heavy atom. The van der Waals surface area contributed by atoms with Crippen LogP contribution in [0.4, 0.5) is 0 Å². The molecule has 2 aliphatic rings. The number of hydrogen-bond donors (Lipinski definition) is 0. The standard InChI is InChI=1S/C5H11Br.C4H7Br.C4H9Br.C3H4ClN.C3H5ClO.C2H2ClN.C2H5I/c1-5(2)3-4-6;5-3-4-1-2-4;1-4(2)3-5;1-3(4)5-2;4-1-3-2-5-3;1-4-2-3;1-2-3/h5H,3-4H2,1-2H3;4H,1-3H2;4H,3H2,1-2H3;3H,1H3;3H,1-2H2;2H2;2H2,1H3. The van der Waals surface area contributed by atoms with Crippen LogP contribution in [0.25, 0.3) is 9.69 Å². The normalized spacial score (nSPS) is 15.1. The lowest BCUT2D eigenvalue weighted by Crippen LogP contribution is -1.84. The highest BCUT2D eigenvalue weighted by Gasteiger charge is 2.19. The zero-order valence-electron chi connectivity index (χ0n) is 20.9. The van der Waals surface area contributed by atoms with Crippen molar-refractivity contribution in [2.75, 3.05) is 38.9 Å². The number of alkyl halides is 7. The van der Waals surface area contributed by atoms with Crippen molar-refractivity contribution < 1.29 is 4.74 Å². The van der Waals surface area contributed by atoms with Crippen LogP contribution in [0.3, 0.4) is 0 Å². The summed E-state index contributed by atoms with van der Waals surface area (Å²) in [6, 6.07) is 0.0833. The molecule has 0 spiro atoms. The molecule has 0 bridgehead atoms. The molecule has 0 aromatic carbocycles. The third-order valence-electron chi connectivity index (χ3n) is 2.72. The molecule has 10 heteroatoms. The van der Waals surface area contributed by atoms with Gasteiger partial charge in [0.1, 0.15) is 0 Å². The van der Waals surface area contributed by atoms with Crippen LogP contribution in [0.5, 0.6) is 0 Å². The molecule has 33 heavy (non-hydrogen) atoms. The van der Waals surface area contributed by atoms with Crippen molar-refractivity contribution in [2.45, 2.75) is 72.4 Å². The summed E-state index contributed by atoms with van der Waals surface area (Å²) in [6.45, 7) is 25.5. The Balaban J connectivity index is -0.0000000932. The molecule has 0 radical (unpaired) electrons. The highest BCUT2D eigenvalue weighted by Crippen LogP contribution is 2.30. The van der Waals surface area contributed by atoms with Crippen LogP contribution in [0.1, 0.15) is 60.8 Å². The molecule has 0 aromatic heterocycles. The third kappa shape index (κ3) is 87.1. The predicted octanol–water partition coefficient (Wildman–Crippen LogP) is 10.9. The highest BCUT2D eigenvalue weighted by atomic mass is 127. The van der Waals surface area contributed by atoms with E-state index in [1.807, 2.05) is 0 Å². The van der Waals surface area contributed by atoms with Gasteiger partial charge in [0.25, 0.3) is 11.5 Å². The zero-order chi connectivity index (χ0) is 27.1. The fourth-order valence-electron chi connectivity index (χ4n) is 0.648. The lowest BCUT2D eigenvalue weighted by molar-refractivity contribution is 0.425. The van der Waals surface area contributed by atoms with E-state index >= 15 is 0 Å². The average Bonchev–Trinajstić information content (AvgIpc) is 3.69. The summed E-state index contributed by atoms with van der Waals surface area (Å²) in [5.41, 5.74) is -0.352. The minimum absolute atomic E-state index is 0.0833. The van der Waals surface area contributed by atoms with Crippen molar-refractivity contribution in [2.24, 2.45) is 17.8 Å². The van der Waals surface area contributed by atoms with Crippen molar-refractivity contribution in [3.63, 3.8) is 0 Å². The molecule has 0 aromatic rings. The lowest BCUT2D eigenvalue weighted by Gasteiger charge is -1.94. The second-order valence-electron chi connectivity index (χ2n) is 7.37. The quantitative estimate of drug-likeness (QED) is 0.0889. The first-order valence-corrected chi connectivity index (χ1v) is 17.2. The van der Waals surface area contributed by atoms with Gasteiger partial charge in [0.05, 0.1) is 18.6 Å². The van der Waals surface area contributed by atoms with Crippen LogP contribution in [-0.4, -0.2) is 50.5 Å². The first-order valence-electron chi connectivity index (χ1n) is 10.8. The Hall–Kier alpha value is 1.98. The van der Waals surface area contributed by atoms with Crippen molar-refractivity contribution >= 4 is 105 Å². The summed E-state index contributed by atoms with van der Waals surface area (Å²) in [4.78, 5) is 5.66. The maximum Gasteiger partial charge on any atom is 0.294 e. The number of nitrogens with zero attached hydrogens (tertiary/aromatic N) is 2. The van der Waals surface area contributed by atoms with Gasteiger partial charge in [-0.25, -0.2) is 13.1 Å². The molecule has 2 rings (SSSR count). The maximum atomic E-state index is 6.15. The van der Waals surface area contributed by atoms with Gasteiger partial charge in [-0.3, -0.25) is 9.69 Å². The number of hydrogen-bond acceptors (Lipinski definition) is 1. The van der Waals surface area contributed by atoms with E-state index in [0.717, 1.165) is 35.0 Å². The molecule has 1 heterocycles. The van der Waals surface area contributed by atoms with E-state index in [4.69, 9.17) is 52.7 Å². The van der Waals surface area contributed by atoms with Crippen LogP contribution in [0, 0.1) is 30.9 Å². The third-order valence-corrected chi connectivity index (χ3v) is 5.95. The van der Waals surface area contributed by atoms with Gasteiger partial charge in [-0.1, -0.05) is 105 Å². The van der Waals surface area contributed by atoms with E-state index in [2.05, 4.69) is 115 Å². The van der Waals surface area contributed by atoms with Crippen LogP contribution in [0.15, 0.2) is 0 Å². The van der Waals surface area contributed by atoms with Crippen molar-refractivity contribution in [3.8, 4) is 0 Å². The zero-order valence-corrected chi connectivity index (χ0v) is 30.1. The first-order chi connectivity index (χ1) is 15.5. The number of halogens is 7. The van der Waals surface area contributed by atoms with Crippen molar-refractivity contribution in [1.29, 1.82) is 0 Å². The molecule has 2 unspecified atom stereocenters. The molecule has 1 aliphatic carbocycles. The Morgan fingerprint density at radius 2 is 1.39 bits per heavy atom. The van der Waals surface area contributed by atoms with Crippen molar-refractivity contribution in [1.82, 2.24) is 0 Å². The SMILES string of the molecule is BrCC1CC1.CC(C)CBr.CC(C)CCBr.CCI.ClCC1CO1.[C-]#[N+]C(C)Cl.[C-]#[N+]CCl. The Kier molecular flexibility index (Phi) is 56.0. The van der Waals surface area contributed by atoms with Gasteiger partial charge in [0.15, 0.2) is 0 Å². The summed E-state index contributed by atoms with van der Waals surface area (Å²) in [6.07, 6.45) is 4.62. The van der Waals surface area contributed by atoms with E-state index in [9.17, 15) is 0 Å². The lowest BCUT2D eigenvalue weighted by atomic mass is 10.2. The largest absolute Gasteiger partial charge is 0.372 e. The second kappa shape index (κ2) is 41.1. The van der Waals surface area contributed by atoms with E-state index in [1.54, 1.807) is 6.92 Å². The van der Waals surface area contributed by atoms with Gasteiger partial charge in [-0.2, -0.15) is 0 Å². The van der Waals surface area contributed by atoms with E-state index in [0.29, 0.717) is 12.0 Å². The Labute approximate surface area is 259 Å². The van der Waals surface area contributed by atoms with Crippen LogP contribution in [0.2, 0.25) is 0 Å². The predicted molar refractivity (Wildman–Crippen MR) is 173 cm³/mol. The van der Waals surface area contributed by atoms with E-state index in [-0.39, 0.29) is 11.5 Å². The molecule has 1 aliphatic heterocycles. The molecule has 2 atom stereocenters. The number of rotatable bonds is 5. The van der Waals surface area contributed by atoms with Crippen LogP contribution < -0.4 is 0 Å². The summed E-state index contributed by atoms with van der Waals surface area (Å²) < 4.78 is 5.95. The number of ether oxygens (including phenoxy) is 1. The molecule has 0 amide bonds. The van der Waals surface area contributed by atoms with E-state index < -0.39 is 0 Å². The van der Waals surface area contributed by atoms with Gasteiger partial charge in [0.2, 0.25) is 0 Å². The van der Waals surface area contributed by atoms with Gasteiger partial charge in [0, 0.05) is 22.9 Å². The summed E-state index contributed by atoms with van der Waals surface area (Å²) in [5, 5.41) is 3.49. The van der Waals surface area contributed by atoms with Gasteiger partial charge in [-0.05, 0) is 64.6 Å². The van der Waals surface area contributed by atoms with Gasteiger partial charge >= 0.3 is 0 Å². The summed E-state index contributed by atoms with van der Waals surface area (Å²) in [5.74, 6) is 3.37. The topological polar surface area (TPSA) is 21.2 Å². The van der Waals surface area contributed by atoms with Crippen molar-refractivity contribution in [3.05, 3.63) is 22.8 Å². The minimum atomic E-state index is -0.352. The molecular weight excluding hydrogens is 793 g/mol.